The first kappa shape index (κ1) is 17.6. The molecular weight excluding hydrogens is 316 g/mol. The Bertz CT molecular complexity index is 604. The maximum Gasteiger partial charge on any atom is 0.214 e. The summed E-state index contributed by atoms with van der Waals surface area (Å²) in [4.78, 5) is 4.10. The van der Waals surface area contributed by atoms with E-state index in [0.717, 1.165) is 5.75 Å². The summed E-state index contributed by atoms with van der Waals surface area (Å²) in [5.74, 6) is 1.73. The minimum atomic E-state index is -3.03. The number of benzene rings is 1. The normalized spacial score (nSPS) is 17.9. The number of ether oxygens (including phenoxy) is 1. The van der Waals surface area contributed by atoms with Gasteiger partial charge in [-0.25, -0.2) is 12.7 Å². The van der Waals surface area contributed by atoms with E-state index in [2.05, 4.69) is 15.6 Å². The zero-order valence-corrected chi connectivity index (χ0v) is 14.2. The fraction of sp³-hybridized carbons (Fsp3) is 0.533. The van der Waals surface area contributed by atoms with E-state index in [0.29, 0.717) is 45.2 Å². The van der Waals surface area contributed by atoms with Gasteiger partial charge in [0.25, 0.3) is 0 Å². The molecule has 0 atom stereocenters. The van der Waals surface area contributed by atoms with Crippen LogP contribution in [0.15, 0.2) is 35.3 Å². The molecule has 2 rings (SSSR count). The van der Waals surface area contributed by atoms with E-state index in [-0.39, 0.29) is 5.75 Å². The van der Waals surface area contributed by atoms with Gasteiger partial charge < -0.3 is 15.4 Å². The molecule has 0 amide bonds. The van der Waals surface area contributed by atoms with Crippen molar-refractivity contribution in [1.29, 1.82) is 0 Å². The van der Waals surface area contributed by atoms with Crippen LogP contribution in [0.1, 0.15) is 6.42 Å². The number of hydrogen-bond acceptors (Lipinski definition) is 4. The molecule has 1 saturated heterocycles. The van der Waals surface area contributed by atoms with Gasteiger partial charge in [0, 0.05) is 26.7 Å². The Morgan fingerprint density at radius 1 is 1.26 bits per heavy atom. The van der Waals surface area contributed by atoms with Gasteiger partial charge in [0.15, 0.2) is 5.96 Å². The van der Waals surface area contributed by atoms with Crippen molar-refractivity contribution < 1.29 is 13.2 Å². The van der Waals surface area contributed by atoms with Crippen molar-refractivity contribution in [2.45, 2.75) is 6.42 Å². The van der Waals surface area contributed by atoms with Crippen LogP contribution >= 0.6 is 0 Å². The van der Waals surface area contributed by atoms with Crippen molar-refractivity contribution >= 4 is 16.0 Å². The Morgan fingerprint density at radius 3 is 2.65 bits per heavy atom. The van der Waals surface area contributed by atoms with Crippen molar-refractivity contribution in [1.82, 2.24) is 14.9 Å². The van der Waals surface area contributed by atoms with Gasteiger partial charge in [-0.1, -0.05) is 18.2 Å². The van der Waals surface area contributed by atoms with Crippen molar-refractivity contribution in [2.75, 3.05) is 45.6 Å². The number of nitrogens with one attached hydrogen (secondary N) is 2. The molecule has 0 saturated carbocycles. The first-order chi connectivity index (χ1) is 11.1. The number of rotatable bonds is 7. The summed E-state index contributed by atoms with van der Waals surface area (Å²) in [5, 5.41) is 6.24. The van der Waals surface area contributed by atoms with Gasteiger partial charge >= 0.3 is 0 Å². The minimum Gasteiger partial charge on any atom is -0.492 e. The molecule has 1 aromatic carbocycles. The summed E-state index contributed by atoms with van der Waals surface area (Å²) in [5.41, 5.74) is 0. The third-order valence-electron chi connectivity index (χ3n) is 3.49. The van der Waals surface area contributed by atoms with Crippen molar-refractivity contribution in [3.05, 3.63) is 30.3 Å². The number of hydrogen-bond donors (Lipinski definition) is 2. The van der Waals surface area contributed by atoms with Crippen LogP contribution in [0.2, 0.25) is 0 Å². The predicted molar refractivity (Wildman–Crippen MR) is 91.3 cm³/mol. The summed E-state index contributed by atoms with van der Waals surface area (Å²) in [6.07, 6.45) is 0.714. The standard InChI is InChI=1S/C15H24N4O3S/c1-16-15(17-8-11-19-10-5-13-23(19,20)21)18-9-12-22-14-6-3-2-4-7-14/h2-4,6-7H,5,8-13H2,1H3,(H2,16,17,18). The largest absolute Gasteiger partial charge is 0.492 e. The minimum absolute atomic E-state index is 0.261. The molecule has 128 valence electrons. The lowest BCUT2D eigenvalue weighted by molar-refractivity contribution is 0.322. The molecule has 1 aliphatic rings. The highest BCUT2D eigenvalue weighted by Crippen LogP contribution is 2.11. The molecule has 1 aromatic rings. The summed E-state index contributed by atoms with van der Waals surface area (Å²) < 4.78 is 30.5. The monoisotopic (exact) mass is 340 g/mol. The highest BCUT2D eigenvalue weighted by Gasteiger charge is 2.27. The molecule has 7 nitrogen and oxygen atoms in total. The highest BCUT2D eigenvalue weighted by atomic mass is 32.2. The average molecular weight is 340 g/mol. The molecule has 23 heavy (non-hydrogen) atoms. The van der Waals surface area contributed by atoms with E-state index in [1.54, 1.807) is 7.05 Å². The molecular formula is C15H24N4O3S. The lowest BCUT2D eigenvalue weighted by Crippen LogP contribution is -2.43. The van der Waals surface area contributed by atoms with E-state index in [1.807, 2.05) is 30.3 Å². The Morgan fingerprint density at radius 2 is 2.00 bits per heavy atom. The van der Waals surface area contributed by atoms with Gasteiger partial charge in [0.1, 0.15) is 12.4 Å². The number of sulfonamides is 1. The quantitative estimate of drug-likeness (QED) is 0.423. The molecule has 0 bridgehead atoms. The third-order valence-corrected chi connectivity index (χ3v) is 5.44. The van der Waals surface area contributed by atoms with Gasteiger partial charge in [-0.05, 0) is 18.6 Å². The van der Waals surface area contributed by atoms with Crippen LogP contribution in [0.25, 0.3) is 0 Å². The van der Waals surface area contributed by atoms with Gasteiger partial charge in [-0.2, -0.15) is 0 Å². The maximum absolute atomic E-state index is 11.7. The second-order valence-electron chi connectivity index (χ2n) is 5.16. The lowest BCUT2D eigenvalue weighted by Gasteiger charge is -2.16. The number of nitrogens with zero attached hydrogens (tertiary/aromatic N) is 2. The Labute approximate surface area is 137 Å². The van der Waals surface area contributed by atoms with Gasteiger partial charge in [0.2, 0.25) is 10.0 Å². The molecule has 0 spiro atoms. The van der Waals surface area contributed by atoms with Crippen LogP contribution in [0.3, 0.4) is 0 Å². The van der Waals surface area contributed by atoms with Crippen molar-refractivity contribution in [3.8, 4) is 5.75 Å². The molecule has 1 fully saturated rings. The first-order valence-corrected chi connectivity index (χ1v) is 9.33. The van der Waals surface area contributed by atoms with Gasteiger partial charge in [0.05, 0.1) is 12.3 Å². The summed E-state index contributed by atoms with van der Waals surface area (Å²) >= 11 is 0. The summed E-state index contributed by atoms with van der Waals surface area (Å²) in [6, 6.07) is 9.61. The maximum atomic E-state index is 11.7. The Balaban J connectivity index is 1.62. The zero-order valence-electron chi connectivity index (χ0n) is 13.4. The van der Waals surface area contributed by atoms with Crippen LogP contribution in [0.5, 0.6) is 5.75 Å². The molecule has 0 aliphatic carbocycles. The van der Waals surface area contributed by atoms with Crippen molar-refractivity contribution in [3.63, 3.8) is 0 Å². The first-order valence-electron chi connectivity index (χ1n) is 7.72. The number of aliphatic imine (C=N–C) groups is 1. The van der Waals surface area contributed by atoms with Crippen LogP contribution in [-0.4, -0.2) is 64.3 Å². The van der Waals surface area contributed by atoms with E-state index in [9.17, 15) is 8.42 Å². The molecule has 0 unspecified atom stereocenters. The second kappa shape index (κ2) is 8.73. The second-order valence-corrected chi connectivity index (χ2v) is 7.24. The van der Waals surface area contributed by atoms with E-state index >= 15 is 0 Å². The molecule has 2 N–H and O–H groups in total. The highest BCUT2D eigenvalue weighted by molar-refractivity contribution is 7.89. The molecule has 8 heteroatoms. The predicted octanol–water partition coefficient (Wildman–Crippen LogP) is 0.266. The van der Waals surface area contributed by atoms with E-state index in [1.165, 1.54) is 4.31 Å². The fourth-order valence-electron chi connectivity index (χ4n) is 2.32. The number of para-hydroxylation sites is 1. The number of guanidine groups is 1. The van der Waals surface area contributed by atoms with Gasteiger partial charge in [-0.3, -0.25) is 4.99 Å². The zero-order chi connectivity index (χ0) is 16.5. The molecule has 1 heterocycles. The van der Waals surface area contributed by atoms with Gasteiger partial charge in [-0.15, -0.1) is 0 Å². The SMILES string of the molecule is CN=C(NCCOc1ccccc1)NCCN1CCCS1(=O)=O. The fourth-order valence-corrected chi connectivity index (χ4v) is 3.85. The van der Waals surface area contributed by atoms with Crippen molar-refractivity contribution in [2.24, 2.45) is 4.99 Å². The summed E-state index contributed by atoms with van der Waals surface area (Å²) in [6.45, 7) is 2.73. The van der Waals surface area contributed by atoms with Crippen LogP contribution < -0.4 is 15.4 Å². The topological polar surface area (TPSA) is 83.0 Å². The molecule has 0 aromatic heterocycles. The Kier molecular flexibility index (Phi) is 6.66. The van der Waals surface area contributed by atoms with E-state index < -0.39 is 10.0 Å². The molecule has 0 radical (unpaired) electrons. The van der Waals surface area contributed by atoms with E-state index in [4.69, 9.17) is 4.74 Å². The molecule has 1 aliphatic heterocycles. The Hall–Kier alpha value is -1.80. The van der Waals surface area contributed by atoms with Crippen LogP contribution in [0, 0.1) is 0 Å². The average Bonchev–Trinajstić information content (AvgIpc) is 2.89. The third kappa shape index (κ3) is 5.72. The lowest BCUT2D eigenvalue weighted by atomic mass is 10.3. The van der Waals surface area contributed by atoms with Crippen LogP contribution in [0.4, 0.5) is 0 Å². The summed E-state index contributed by atoms with van der Waals surface area (Å²) in [7, 11) is -1.35. The smallest absolute Gasteiger partial charge is 0.214 e. The van der Waals surface area contributed by atoms with Crippen LogP contribution in [-0.2, 0) is 10.0 Å².